The molecule has 0 heterocycles. The van der Waals surface area contributed by atoms with Crippen LogP contribution in [0.1, 0.15) is 12.5 Å². The van der Waals surface area contributed by atoms with E-state index in [1.54, 1.807) is 25.3 Å². The highest BCUT2D eigenvalue weighted by Gasteiger charge is 2.08. The summed E-state index contributed by atoms with van der Waals surface area (Å²) in [4.78, 5) is 11.0. The summed E-state index contributed by atoms with van der Waals surface area (Å²) in [5, 5.41) is 0. The topological polar surface area (TPSA) is 44.8 Å². The van der Waals surface area contributed by atoms with E-state index in [4.69, 9.17) is 14.2 Å². The van der Waals surface area contributed by atoms with Gasteiger partial charge in [0, 0.05) is 13.0 Å². The first-order valence-electron chi connectivity index (χ1n) is 6.22. The van der Waals surface area contributed by atoms with E-state index in [9.17, 15) is 4.79 Å². The summed E-state index contributed by atoms with van der Waals surface area (Å²) in [5.74, 6) is 1.19. The second-order valence-electron chi connectivity index (χ2n) is 4.18. The Morgan fingerprint density at radius 2 is 1.80 bits per heavy atom. The molecule has 0 unspecified atom stereocenters. The summed E-state index contributed by atoms with van der Waals surface area (Å²) < 4.78 is 16.0. The molecule has 0 saturated carbocycles. The maximum absolute atomic E-state index is 11.0. The van der Waals surface area contributed by atoms with Crippen molar-refractivity contribution in [3.63, 3.8) is 0 Å². The van der Waals surface area contributed by atoms with Crippen LogP contribution in [0.25, 0.3) is 0 Å². The maximum atomic E-state index is 11.0. The lowest BCUT2D eigenvalue weighted by Crippen LogP contribution is -2.02. The Hall–Kier alpha value is -2.49. The summed E-state index contributed by atoms with van der Waals surface area (Å²) in [6, 6.07) is 14.8. The van der Waals surface area contributed by atoms with E-state index in [0.717, 1.165) is 5.56 Å². The number of esters is 1. The molecular weight excluding hydrogens is 256 g/mol. The fraction of sp³-hybridized carbons (Fsp3) is 0.188. The Morgan fingerprint density at radius 3 is 2.45 bits per heavy atom. The molecule has 0 aliphatic rings. The Labute approximate surface area is 117 Å². The van der Waals surface area contributed by atoms with Crippen molar-refractivity contribution in [1.29, 1.82) is 0 Å². The van der Waals surface area contributed by atoms with Crippen LogP contribution in [-0.2, 0) is 11.4 Å². The molecule has 0 aromatic heterocycles. The second kappa shape index (κ2) is 6.61. The van der Waals surface area contributed by atoms with Crippen LogP contribution in [0.4, 0.5) is 0 Å². The highest BCUT2D eigenvalue weighted by molar-refractivity contribution is 5.69. The smallest absolute Gasteiger partial charge is 0.308 e. The predicted molar refractivity (Wildman–Crippen MR) is 75.1 cm³/mol. The van der Waals surface area contributed by atoms with Crippen molar-refractivity contribution in [1.82, 2.24) is 0 Å². The maximum Gasteiger partial charge on any atom is 0.308 e. The first-order valence-corrected chi connectivity index (χ1v) is 6.22. The molecule has 2 rings (SSSR count). The first-order chi connectivity index (χ1) is 9.69. The van der Waals surface area contributed by atoms with Gasteiger partial charge in [-0.25, -0.2) is 0 Å². The highest BCUT2D eigenvalue weighted by atomic mass is 16.5. The molecule has 0 bridgehead atoms. The van der Waals surface area contributed by atoms with Gasteiger partial charge < -0.3 is 14.2 Å². The Balaban J connectivity index is 2.13. The van der Waals surface area contributed by atoms with Gasteiger partial charge in [0.2, 0.25) is 0 Å². The molecule has 4 heteroatoms. The van der Waals surface area contributed by atoms with E-state index in [1.165, 1.54) is 6.92 Å². The number of rotatable bonds is 5. The standard InChI is InChI=1S/C16H16O4/c1-12(17)20-14-8-9-15(18-2)16(10-14)19-11-13-6-4-3-5-7-13/h3-10H,11H2,1-2H3. The molecule has 0 saturated heterocycles. The van der Waals surface area contributed by atoms with E-state index in [2.05, 4.69) is 0 Å². The molecule has 4 nitrogen and oxygen atoms in total. The monoisotopic (exact) mass is 272 g/mol. The molecule has 0 aliphatic carbocycles. The lowest BCUT2D eigenvalue weighted by atomic mass is 10.2. The normalized spacial score (nSPS) is 9.90. The average Bonchev–Trinajstić information content (AvgIpc) is 2.46. The van der Waals surface area contributed by atoms with Crippen LogP contribution >= 0.6 is 0 Å². The predicted octanol–water partition coefficient (Wildman–Crippen LogP) is 3.20. The van der Waals surface area contributed by atoms with Crippen molar-refractivity contribution >= 4 is 5.97 Å². The van der Waals surface area contributed by atoms with Gasteiger partial charge in [0.05, 0.1) is 7.11 Å². The molecule has 0 spiro atoms. The molecule has 2 aromatic carbocycles. The molecule has 0 radical (unpaired) electrons. The van der Waals surface area contributed by atoms with Gasteiger partial charge in [0.15, 0.2) is 11.5 Å². The van der Waals surface area contributed by atoms with Gasteiger partial charge in [0.1, 0.15) is 12.4 Å². The van der Waals surface area contributed by atoms with Crippen molar-refractivity contribution in [2.45, 2.75) is 13.5 Å². The lowest BCUT2D eigenvalue weighted by molar-refractivity contribution is -0.131. The minimum atomic E-state index is -0.371. The zero-order valence-electron chi connectivity index (χ0n) is 11.5. The van der Waals surface area contributed by atoms with Crippen molar-refractivity contribution in [2.75, 3.05) is 7.11 Å². The molecular formula is C16H16O4. The fourth-order valence-corrected chi connectivity index (χ4v) is 1.73. The summed E-state index contributed by atoms with van der Waals surface area (Å²) in [6.45, 7) is 1.77. The number of hydrogen-bond donors (Lipinski definition) is 0. The molecule has 0 amide bonds. The van der Waals surface area contributed by atoms with Crippen LogP contribution in [0.15, 0.2) is 48.5 Å². The lowest BCUT2D eigenvalue weighted by Gasteiger charge is -2.12. The number of benzene rings is 2. The SMILES string of the molecule is COc1ccc(OC(C)=O)cc1OCc1ccccc1. The minimum absolute atomic E-state index is 0.371. The van der Waals surface area contributed by atoms with Gasteiger partial charge in [-0.3, -0.25) is 4.79 Å². The van der Waals surface area contributed by atoms with Gasteiger partial charge in [-0.2, -0.15) is 0 Å². The van der Waals surface area contributed by atoms with Crippen LogP contribution in [-0.4, -0.2) is 13.1 Å². The van der Waals surface area contributed by atoms with Crippen LogP contribution in [0.3, 0.4) is 0 Å². The molecule has 0 N–H and O–H groups in total. The van der Waals surface area contributed by atoms with E-state index in [1.807, 2.05) is 30.3 Å². The van der Waals surface area contributed by atoms with Crippen molar-refractivity contribution in [3.8, 4) is 17.2 Å². The minimum Gasteiger partial charge on any atom is -0.493 e. The third-order valence-electron chi connectivity index (χ3n) is 2.63. The van der Waals surface area contributed by atoms with Crippen LogP contribution in [0.5, 0.6) is 17.2 Å². The fourth-order valence-electron chi connectivity index (χ4n) is 1.73. The summed E-state index contributed by atoms with van der Waals surface area (Å²) >= 11 is 0. The number of hydrogen-bond acceptors (Lipinski definition) is 4. The average molecular weight is 272 g/mol. The first kappa shape index (κ1) is 13.9. The van der Waals surface area contributed by atoms with Crippen molar-refractivity contribution in [2.24, 2.45) is 0 Å². The van der Waals surface area contributed by atoms with E-state index in [-0.39, 0.29) is 5.97 Å². The van der Waals surface area contributed by atoms with Crippen LogP contribution in [0.2, 0.25) is 0 Å². The zero-order chi connectivity index (χ0) is 14.4. The second-order valence-corrected chi connectivity index (χ2v) is 4.18. The molecule has 0 aliphatic heterocycles. The molecule has 104 valence electrons. The van der Waals surface area contributed by atoms with E-state index < -0.39 is 0 Å². The number of methoxy groups -OCH3 is 1. The number of carbonyl (C=O) groups is 1. The van der Waals surface area contributed by atoms with Crippen LogP contribution in [0, 0.1) is 0 Å². The quantitative estimate of drug-likeness (QED) is 0.619. The van der Waals surface area contributed by atoms with Gasteiger partial charge in [-0.05, 0) is 17.7 Å². The zero-order valence-corrected chi connectivity index (χ0v) is 11.5. The van der Waals surface area contributed by atoms with Crippen molar-refractivity contribution in [3.05, 3.63) is 54.1 Å². The highest BCUT2D eigenvalue weighted by Crippen LogP contribution is 2.32. The molecule has 20 heavy (non-hydrogen) atoms. The molecule has 2 aromatic rings. The Kier molecular flexibility index (Phi) is 4.60. The Morgan fingerprint density at radius 1 is 1.05 bits per heavy atom. The van der Waals surface area contributed by atoms with E-state index in [0.29, 0.717) is 23.9 Å². The third-order valence-corrected chi connectivity index (χ3v) is 2.63. The van der Waals surface area contributed by atoms with Gasteiger partial charge in [-0.15, -0.1) is 0 Å². The van der Waals surface area contributed by atoms with E-state index >= 15 is 0 Å². The summed E-state index contributed by atoms with van der Waals surface area (Å²) in [7, 11) is 1.57. The van der Waals surface area contributed by atoms with Crippen LogP contribution < -0.4 is 14.2 Å². The molecule has 0 atom stereocenters. The van der Waals surface area contributed by atoms with Gasteiger partial charge >= 0.3 is 5.97 Å². The Bertz CT molecular complexity index is 578. The number of carbonyl (C=O) groups excluding carboxylic acids is 1. The van der Waals surface area contributed by atoms with Gasteiger partial charge in [0.25, 0.3) is 0 Å². The van der Waals surface area contributed by atoms with Gasteiger partial charge in [-0.1, -0.05) is 30.3 Å². The molecule has 0 fully saturated rings. The third kappa shape index (κ3) is 3.75. The summed E-state index contributed by atoms with van der Waals surface area (Å²) in [5.41, 5.74) is 1.05. The summed E-state index contributed by atoms with van der Waals surface area (Å²) in [6.07, 6.45) is 0. The largest absolute Gasteiger partial charge is 0.493 e. The van der Waals surface area contributed by atoms with Crippen molar-refractivity contribution < 1.29 is 19.0 Å². The number of ether oxygens (including phenoxy) is 3.